The number of rotatable bonds is 4. The largest absolute Gasteiger partial charge is 0.395 e. The van der Waals surface area contributed by atoms with Crippen molar-refractivity contribution in [2.75, 3.05) is 6.61 Å². The van der Waals surface area contributed by atoms with E-state index in [9.17, 15) is 8.42 Å². The quantitative estimate of drug-likeness (QED) is 0.774. The third-order valence-corrected chi connectivity index (χ3v) is 3.82. The molecule has 1 aromatic rings. The molecule has 6 nitrogen and oxygen atoms in total. The Morgan fingerprint density at radius 1 is 1.73 bits per heavy atom. The smallest absolute Gasteiger partial charge is 0.259 e. The number of sulfonamides is 1. The van der Waals surface area contributed by atoms with E-state index in [2.05, 4.69) is 9.82 Å². The van der Waals surface area contributed by atoms with Gasteiger partial charge < -0.3 is 5.11 Å². The Balaban J connectivity index is 3.07. The highest BCUT2D eigenvalue weighted by molar-refractivity contribution is 7.89. The molecule has 0 unspecified atom stereocenters. The average molecular weight is 254 g/mol. The Morgan fingerprint density at radius 2 is 2.33 bits per heavy atom. The molecule has 0 bridgehead atoms. The molecule has 0 aliphatic rings. The van der Waals surface area contributed by atoms with Crippen molar-refractivity contribution in [3.8, 4) is 0 Å². The number of nitrogens with one attached hydrogen (secondary N) is 1. The number of aliphatic hydroxyl groups excluding tert-OH is 1. The van der Waals surface area contributed by atoms with Gasteiger partial charge in [0.15, 0.2) is 5.03 Å². The summed E-state index contributed by atoms with van der Waals surface area (Å²) in [5.41, 5.74) is 0. The van der Waals surface area contributed by atoms with Crippen LogP contribution in [0, 0.1) is 0 Å². The lowest BCUT2D eigenvalue weighted by molar-refractivity contribution is 0.265. The summed E-state index contributed by atoms with van der Waals surface area (Å²) < 4.78 is 26.9. The summed E-state index contributed by atoms with van der Waals surface area (Å²) in [5.74, 6) is 0. The highest BCUT2D eigenvalue weighted by atomic mass is 35.5. The van der Waals surface area contributed by atoms with Crippen molar-refractivity contribution < 1.29 is 13.5 Å². The molecule has 0 saturated carbocycles. The van der Waals surface area contributed by atoms with Crippen LogP contribution in [0.1, 0.15) is 6.92 Å². The normalized spacial score (nSPS) is 14.1. The summed E-state index contributed by atoms with van der Waals surface area (Å²) in [6.45, 7) is 1.26. The van der Waals surface area contributed by atoms with E-state index in [4.69, 9.17) is 16.7 Å². The Bertz CT molecular complexity index is 423. The molecule has 0 spiro atoms. The summed E-state index contributed by atoms with van der Waals surface area (Å²) in [5, 5.41) is 12.4. The number of aromatic nitrogens is 2. The third kappa shape index (κ3) is 2.69. The Labute approximate surface area is 92.9 Å². The predicted octanol–water partition coefficient (Wildman–Crippen LogP) is -0.267. The molecule has 0 radical (unpaired) electrons. The lowest BCUT2D eigenvalue weighted by Gasteiger charge is -2.11. The summed E-state index contributed by atoms with van der Waals surface area (Å²) in [6.07, 6.45) is 1.25. The van der Waals surface area contributed by atoms with Crippen LogP contribution in [-0.2, 0) is 17.1 Å². The number of hydrogen-bond acceptors (Lipinski definition) is 4. The Kier molecular flexibility index (Phi) is 3.72. The van der Waals surface area contributed by atoms with Gasteiger partial charge in [0.2, 0.25) is 0 Å². The molecule has 0 saturated heterocycles. The van der Waals surface area contributed by atoms with Gasteiger partial charge in [-0.05, 0) is 6.92 Å². The van der Waals surface area contributed by atoms with Gasteiger partial charge in [0.25, 0.3) is 10.0 Å². The molecule has 86 valence electrons. The molecule has 0 aliphatic heterocycles. The molecule has 0 fully saturated rings. The topological polar surface area (TPSA) is 84.2 Å². The van der Waals surface area contributed by atoms with Crippen LogP contribution in [0.3, 0.4) is 0 Å². The van der Waals surface area contributed by atoms with Gasteiger partial charge in [-0.1, -0.05) is 11.6 Å². The van der Waals surface area contributed by atoms with E-state index in [0.29, 0.717) is 0 Å². The molecule has 1 atom stereocenters. The van der Waals surface area contributed by atoms with Crippen molar-refractivity contribution in [3.05, 3.63) is 11.2 Å². The van der Waals surface area contributed by atoms with Crippen LogP contribution < -0.4 is 4.72 Å². The molecule has 0 aromatic carbocycles. The van der Waals surface area contributed by atoms with Gasteiger partial charge in [0.1, 0.15) is 0 Å². The fraction of sp³-hybridized carbons (Fsp3) is 0.571. The first-order valence-electron chi connectivity index (χ1n) is 4.19. The van der Waals surface area contributed by atoms with Crippen molar-refractivity contribution in [1.82, 2.24) is 14.5 Å². The van der Waals surface area contributed by atoms with Gasteiger partial charge in [0, 0.05) is 13.1 Å². The monoisotopic (exact) mass is 253 g/mol. The standard InChI is InChI=1S/C7H12ClN3O3S/c1-5(4-12)10-15(13,14)7-6(8)3-9-11(7)2/h3,5,10,12H,4H2,1-2H3/t5-/m1/s1. The second kappa shape index (κ2) is 4.48. The molecule has 15 heavy (non-hydrogen) atoms. The maximum Gasteiger partial charge on any atom is 0.259 e. The van der Waals surface area contributed by atoms with E-state index in [1.807, 2.05) is 0 Å². The van der Waals surface area contributed by atoms with E-state index >= 15 is 0 Å². The lowest BCUT2D eigenvalue weighted by Crippen LogP contribution is -2.36. The second-order valence-corrected chi connectivity index (χ2v) is 5.16. The molecular formula is C7H12ClN3O3S. The SMILES string of the molecule is C[C@H](CO)NS(=O)(=O)c1c(Cl)cnn1C. The van der Waals surface area contributed by atoms with Crippen molar-refractivity contribution in [2.45, 2.75) is 18.0 Å². The minimum absolute atomic E-state index is 0.0511. The van der Waals surface area contributed by atoms with Crippen LogP contribution in [0.5, 0.6) is 0 Å². The zero-order chi connectivity index (χ0) is 11.6. The third-order valence-electron chi connectivity index (χ3n) is 1.73. The number of halogens is 1. The van der Waals surface area contributed by atoms with E-state index in [1.165, 1.54) is 13.2 Å². The van der Waals surface area contributed by atoms with Gasteiger partial charge in [-0.25, -0.2) is 13.1 Å². The van der Waals surface area contributed by atoms with Crippen LogP contribution in [0.2, 0.25) is 5.02 Å². The molecule has 0 aliphatic carbocycles. The molecule has 1 heterocycles. The first-order valence-corrected chi connectivity index (χ1v) is 6.05. The summed E-state index contributed by atoms with van der Waals surface area (Å²) in [6, 6.07) is -0.569. The van der Waals surface area contributed by atoms with Crippen LogP contribution in [-0.4, -0.2) is 36.0 Å². The van der Waals surface area contributed by atoms with Crippen LogP contribution >= 0.6 is 11.6 Å². The molecular weight excluding hydrogens is 242 g/mol. The van der Waals surface area contributed by atoms with Crippen molar-refractivity contribution in [1.29, 1.82) is 0 Å². The number of aliphatic hydroxyl groups is 1. The van der Waals surface area contributed by atoms with Gasteiger partial charge in [-0.15, -0.1) is 0 Å². The zero-order valence-corrected chi connectivity index (χ0v) is 9.88. The maximum atomic E-state index is 11.7. The van der Waals surface area contributed by atoms with Gasteiger partial charge in [0.05, 0.1) is 17.8 Å². The highest BCUT2D eigenvalue weighted by Crippen LogP contribution is 2.19. The Hall–Kier alpha value is -0.630. The fourth-order valence-electron chi connectivity index (χ4n) is 1.06. The minimum Gasteiger partial charge on any atom is -0.395 e. The molecule has 0 amide bonds. The summed E-state index contributed by atoms with van der Waals surface area (Å²) in [7, 11) is -2.25. The van der Waals surface area contributed by atoms with E-state index in [1.54, 1.807) is 6.92 Å². The first kappa shape index (κ1) is 12.4. The Morgan fingerprint density at radius 3 is 2.73 bits per heavy atom. The number of nitrogens with zero attached hydrogens (tertiary/aromatic N) is 2. The van der Waals surface area contributed by atoms with E-state index in [0.717, 1.165) is 4.68 Å². The lowest BCUT2D eigenvalue weighted by atomic mass is 10.4. The molecule has 1 aromatic heterocycles. The van der Waals surface area contributed by atoms with Crippen LogP contribution in [0.25, 0.3) is 0 Å². The number of aryl methyl sites for hydroxylation is 1. The van der Waals surface area contributed by atoms with Crippen molar-refractivity contribution in [3.63, 3.8) is 0 Å². The zero-order valence-electron chi connectivity index (χ0n) is 8.31. The number of hydrogen-bond donors (Lipinski definition) is 2. The highest BCUT2D eigenvalue weighted by Gasteiger charge is 2.24. The van der Waals surface area contributed by atoms with Gasteiger partial charge in [-0.3, -0.25) is 4.68 Å². The molecule has 1 rings (SSSR count). The maximum absolute atomic E-state index is 11.7. The van der Waals surface area contributed by atoms with E-state index in [-0.39, 0.29) is 16.7 Å². The first-order chi connectivity index (χ1) is 6.88. The molecule has 2 N–H and O–H groups in total. The average Bonchev–Trinajstić information content (AvgIpc) is 2.45. The minimum atomic E-state index is -3.73. The van der Waals surface area contributed by atoms with Crippen LogP contribution in [0.4, 0.5) is 0 Å². The predicted molar refractivity (Wildman–Crippen MR) is 55.1 cm³/mol. The van der Waals surface area contributed by atoms with Crippen LogP contribution in [0.15, 0.2) is 11.2 Å². The molecule has 8 heteroatoms. The second-order valence-electron chi connectivity index (χ2n) is 3.13. The fourth-order valence-corrected chi connectivity index (χ4v) is 2.95. The van der Waals surface area contributed by atoms with Gasteiger partial charge >= 0.3 is 0 Å². The summed E-state index contributed by atoms with van der Waals surface area (Å²) in [4.78, 5) is 0. The van der Waals surface area contributed by atoms with Crippen molar-refractivity contribution >= 4 is 21.6 Å². The van der Waals surface area contributed by atoms with Gasteiger partial charge in [-0.2, -0.15) is 5.10 Å². The van der Waals surface area contributed by atoms with E-state index < -0.39 is 16.1 Å². The summed E-state index contributed by atoms with van der Waals surface area (Å²) >= 11 is 5.69. The van der Waals surface area contributed by atoms with Crippen molar-refractivity contribution in [2.24, 2.45) is 7.05 Å².